The molecule has 2 aromatic carbocycles. The molecule has 3 rings (SSSR count). The molecule has 1 fully saturated rings. The second-order valence-electron chi connectivity index (χ2n) is 6.99. The maximum atomic E-state index is 13.3. The van der Waals surface area contributed by atoms with Gasteiger partial charge in [0.25, 0.3) is 5.91 Å². The Balaban J connectivity index is 1.66. The van der Waals surface area contributed by atoms with Crippen molar-refractivity contribution in [2.24, 2.45) is 0 Å². The van der Waals surface area contributed by atoms with E-state index in [1.807, 2.05) is 0 Å². The second-order valence-corrected chi connectivity index (χ2v) is 9.41. The van der Waals surface area contributed by atoms with Crippen molar-refractivity contribution >= 4 is 39.1 Å². The number of carbonyl (C=O) groups is 2. The third kappa shape index (κ3) is 5.28. The minimum atomic E-state index is -3.43. The normalized spacial score (nSPS) is 14.9. The molecule has 0 radical (unpaired) electrons. The molecule has 0 saturated carbocycles. The zero-order chi connectivity index (χ0) is 21.9. The maximum Gasteiger partial charge on any atom is 0.321 e. The van der Waals surface area contributed by atoms with Gasteiger partial charge in [-0.3, -0.25) is 4.79 Å². The lowest BCUT2D eigenvalue weighted by molar-refractivity contribution is 0.0762. The zero-order valence-corrected chi connectivity index (χ0v) is 17.8. The highest BCUT2D eigenvalue weighted by Crippen LogP contribution is 2.23. The van der Waals surface area contributed by atoms with Crippen molar-refractivity contribution in [3.63, 3.8) is 0 Å². The quantitative estimate of drug-likeness (QED) is 0.772. The molecule has 30 heavy (non-hydrogen) atoms. The fourth-order valence-electron chi connectivity index (χ4n) is 3.16. The molecular weight excluding hydrogens is 433 g/mol. The largest absolute Gasteiger partial charge is 0.337 e. The van der Waals surface area contributed by atoms with E-state index in [0.29, 0.717) is 38.3 Å². The Bertz CT molecular complexity index is 1080. The van der Waals surface area contributed by atoms with Crippen molar-refractivity contribution < 1.29 is 22.4 Å². The molecular formula is C20H21ClFN3O4S. The van der Waals surface area contributed by atoms with Gasteiger partial charge in [0.2, 0.25) is 0 Å². The van der Waals surface area contributed by atoms with Gasteiger partial charge < -0.3 is 15.1 Å². The average Bonchev–Trinajstić information content (AvgIpc) is 2.93. The molecule has 1 N–H and O–H groups in total. The number of nitrogens with one attached hydrogen (secondary N) is 1. The number of halogens is 2. The molecule has 0 bridgehead atoms. The number of hydrogen-bond donors (Lipinski definition) is 1. The number of sulfone groups is 1. The van der Waals surface area contributed by atoms with Gasteiger partial charge in [0.15, 0.2) is 9.84 Å². The Labute approximate surface area is 179 Å². The van der Waals surface area contributed by atoms with Gasteiger partial charge in [-0.05, 0) is 42.8 Å². The summed E-state index contributed by atoms with van der Waals surface area (Å²) in [6.07, 6.45) is 1.62. The standard InChI is InChI=1S/C20H21ClFN3O4S/c1-30(28,29)16-6-7-17(18(21)13-16)19(26)24-8-3-9-25(11-10-24)20(27)23-15-5-2-4-14(22)12-15/h2,4-7,12-13H,3,8-11H2,1H3,(H,23,27). The Hall–Kier alpha value is -2.65. The zero-order valence-electron chi connectivity index (χ0n) is 16.3. The number of rotatable bonds is 3. The van der Waals surface area contributed by atoms with Crippen molar-refractivity contribution in [1.82, 2.24) is 9.80 Å². The Kier molecular flexibility index (Phi) is 6.62. The van der Waals surface area contributed by atoms with E-state index in [-0.39, 0.29) is 27.4 Å². The lowest BCUT2D eigenvalue weighted by Gasteiger charge is -2.23. The van der Waals surface area contributed by atoms with E-state index in [2.05, 4.69) is 5.32 Å². The molecule has 10 heteroatoms. The molecule has 0 spiro atoms. The third-order valence-electron chi connectivity index (χ3n) is 4.75. The number of amides is 3. The van der Waals surface area contributed by atoms with Crippen LogP contribution in [0.5, 0.6) is 0 Å². The molecule has 0 aliphatic carbocycles. The van der Waals surface area contributed by atoms with Crippen LogP contribution in [0.1, 0.15) is 16.8 Å². The first-order chi connectivity index (χ1) is 14.1. The average molecular weight is 454 g/mol. The van der Waals surface area contributed by atoms with E-state index >= 15 is 0 Å². The summed E-state index contributed by atoms with van der Waals surface area (Å²) in [6.45, 7) is 1.45. The first kappa shape index (κ1) is 22.0. The van der Waals surface area contributed by atoms with Crippen molar-refractivity contribution in [3.8, 4) is 0 Å². The minimum absolute atomic E-state index is 0.0418. The molecule has 1 heterocycles. The Morgan fingerprint density at radius 3 is 2.40 bits per heavy atom. The predicted octanol–water partition coefficient (Wildman–Crippen LogP) is 3.26. The Morgan fingerprint density at radius 1 is 1.03 bits per heavy atom. The summed E-state index contributed by atoms with van der Waals surface area (Å²) < 4.78 is 36.6. The number of urea groups is 1. The maximum absolute atomic E-state index is 13.3. The van der Waals surface area contributed by atoms with Crippen molar-refractivity contribution in [1.29, 1.82) is 0 Å². The van der Waals surface area contributed by atoms with E-state index in [0.717, 1.165) is 6.26 Å². The predicted molar refractivity (Wildman–Crippen MR) is 112 cm³/mol. The number of carbonyl (C=O) groups excluding carboxylic acids is 2. The molecule has 0 aromatic heterocycles. The van der Waals surface area contributed by atoms with Crippen LogP contribution in [0.25, 0.3) is 0 Å². The van der Waals surface area contributed by atoms with Crippen LogP contribution in [0.3, 0.4) is 0 Å². The van der Waals surface area contributed by atoms with Gasteiger partial charge in [0, 0.05) is 38.1 Å². The topological polar surface area (TPSA) is 86.8 Å². The first-order valence-corrected chi connectivity index (χ1v) is 11.5. The van der Waals surface area contributed by atoms with Crippen LogP contribution < -0.4 is 5.32 Å². The highest BCUT2D eigenvalue weighted by Gasteiger charge is 2.25. The van der Waals surface area contributed by atoms with Gasteiger partial charge in [-0.2, -0.15) is 0 Å². The minimum Gasteiger partial charge on any atom is -0.337 e. The number of hydrogen-bond acceptors (Lipinski definition) is 4. The lowest BCUT2D eigenvalue weighted by atomic mass is 10.2. The van der Waals surface area contributed by atoms with Gasteiger partial charge in [-0.1, -0.05) is 17.7 Å². The number of nitrogens with zero attached hydrogens (tertiary/aromatic N) is 2. The van der Waals surface area contributed by atoms with Gasteiger partial charge in [-0.25, -0.2) is 17.6 Å². The van der Waals surface area contributed by atoms with Crippen molar-refractivity contribution in [2.45, 2.75) is 11.3 Å². The summed E-state index contributed by atoms with van der Waals surface area (Å²) in [5, 5.41) is 2.71. The first-order valence-electron chi connectivity index (χ1n) is 9.25. The third-order valence-corrected chi connectivity index (χ3v) is 6.17. The van der Waals surface area contributed by atoms with E-state index in [9.17, 15) is 22.4 Å². The molecule has 1 aliphatic heterocycles. The summed E-state index contributed by atoms with van der Waals surface area (Å²) in [7, 11) is -3.43. The highest BCUT2D eigenvalue weighted by atomic mass is 35.5. The molecule has 1 aliphatic rings. The monoisotopic (exact) mass is 453 g/mol. The van der Waals surface area contributed by atoms with Crippen LogP contribution in [0, 0.1) is 5.82 Å². The second kappa shape index (κ2) is 9.01. The van der Waals surface area contributed by atoms with Crippen molar-refractivity contribution in [3.05, 3.63) is 58.9 Å². The molecule has 2 aromatic rings. The van der Waals surface area contributed by atoms with Crippen LogP contribution in [0.2, 0.25) is 5.02 Å². The molecule has 0 atom stereocenters. The lowest BCUT2D eigenvalue weighted by Crippen LogP contribution is -2.39. The van der Waals surface area contributed by atoms with Gasteiger partial charge >= 0.3 is 6.03 Å². The number of benzene rings is 2. The van der Waals surface area contributed by atoms with Gasteiger partial charge in [0.1, 0.15) is 5.82 Å². The van der Waals surface area contributed by atoms with E-state index in [1.165, 1.54) is 36.4 Å². The van der Waals surface area contributed by atoms with E-state index in [1.54, 1.807) is 15.9 Å². The molecule has 7 nitrogen and oxygen atoms in total. The Morgan fingerprint density at radius 2 is 1.73 bits per heavy atom. The summed E-state index contributed by atoms with van der Waals surface area (Å²) in [6, 6.07) is 9.27. The summed E-state index contributed by atoms with van der Waals surface area (Å²) in [4.78, 5) is 28.5. The molecule has 160 valence electrons. The summed E-state index contributed by atoms with van der Waals surface area (Å²) >= 11 is 6.16. The highest BCUT2D eigenvalue weighted by molar-refractivity contribution is 7.90. The number of anilines is 1. The summed E-state index contributed by atoms with van der Waals surface area (Å²) in [5.74, 6) is -0.772. The van der Waals surface area contributed by atoms with Gasteiger partial charge in [-0.15, -0.1) is 0 Å². The van der Waals surface area contributed by atoms with Crippen LogP contribution in [0.15, 0.2) is 47.4 Å². The SMILES string of the molecule is CS(=O)(=O)c1ccc(C(=O)N2CCCN(C(=O)Nc3cccc(F)c3)CC2)c(Cl)c1. The smallest absolute Gasteiger partial charge is 0.321 e. The molecule has 1 saturated heterocycles. The molecule has 0 unspecified atom stereocenters. The van der Waals surface area contributed by atoms with Crippen LogP contribution in [-0.2, 0) is 9.84 Å². The van der Waals surface area contributed by atoms with E-state index in [4.69, 9.17) is 11.6 Å². The van der Waals surface area contributed by atoms with Crippen molar-refractivity contribution in [2.75, 3.05) is 37.8 Å². The van der Waals surface area contributed by atoms with Gasteiger partial charge in [0.05, 0.1) is 15.5 Å². The van der Waals surface area contributed by atoms with Crippen LogP contribution in [0.4, 0.5) is 14.9 Å². The fraction of sp³-hybridized carbons (Fsp3) is 0.300. The molecule has 3 amide bonds. The van der Waals surface area contributed by atoms with E-state index < -0.39 is 15.7 Å². The van der Waals surface area contributed by atoms with Crippen LogP contribution >= 0.6 is 11.6 Å². The fourth-order valence-corrected chi connectivity index (χ4v) is 4.14. The van der Waals surface area contributed by atoms with Crippen LogP contribution in [-0.4, -0.2) is 62.6 Å². The summed E-state index contributed by atoms with van der Waals surface area (Å²) in [5.41, 5.74) is 0.566.